The fourth-order valence-corrected chi connectivity index (χ4v) is 1.41. The molecule has 1 aromatic rings. The molecule has 0 radical (unpaired) electrons. The van der Waals surface area contributed by atoms with Crippen LogP contribution in [0.15, 0.2) is 18.3 Å². The maximum atomic E-state index is 9.61. The molecule has 1 saturated carbocycles. The third-order valence-corrected chi connectivity index (χ3v) is 2.48. The molecule has 0 bridgehead atoms. The average Bonchev–Trinajstić information content (AvgIpc) is 2.99. The number of anilines is 2. The molecule has 76 valence electrons. The molecule has 1 unspecified atom stereocenters. The van der Waals surface area contributed by atoms with Crippen LogP contribution in [0.25, 0.3) is 0 Å². The number of hydrogen-bond acceptors (Lipinski definition) is 4. The average molecular weight is 193 g/mol. The van der Waals surface area contributed by atoms with Crippen LogP contribution in [0.2, 0.25) is 0 Å². The van der Waals surface area contributed by atoms with Gasteiger partial charge in [-0.05, 0) is 30.9 Å². The molecule has 0 aromatic carbocycles. The zero-order valence-corrected chi connectivity index (χ0v) is 7.98. The number of aliphatic hydroxyl groups is 1. The second-order valence-corrected chi connectivity index (χ2v) is 3.73. The molecule has 1 heterocycles. The number of pyridine rings is 1. The Morgan fingerprint density at radius 3 is 3.07 bits per heavy atom. The molecule has 0 spiro atoms. The Morgan fingerprint density at radius 2 is 2.43 bits per heavy atom. The van der Waals surface area contributed by atoms with Crippen LogP contribution >= 0.6 is 0 Å². The molecule has 1 fully saturated rings. The van der Waals surface area contributed by atoms with Crippen LogP contribution in [0.5, 0.6) is 0 Å². The molecule has 2 rings (SSSR count). The van der Waals surface area contributed by atoms with E-state index in [0.29, 0.717) is 24.0 Å². The van der Waals surface area contributed by atoms with E-state index >= 15 is 0 Å². The first-order valence-electron chi connectivity index (χ1n) is 4.90. The second-order valence-electron chi connectivity index (χ2n) is 3.73. The van der Waals surface area contributed by atoms with Crippen LogP contribution < -0.4 is 11.1 Å². The molecule has 4 heteroatoms. The number of nitrogens with one attached hydrogen (secondary N) is 1. The fraction of sp³-hybridized carbons (Fsp3) is 0.500. The van der Waals surface area contributed by atoms with Crippen LogP contribution in [0.1, 0.15) is 12.8 Å². The number of aromatic nitrogens is 1. The molecule has 1 aliphatic rings. The molecule has 4 nitrogen and oxygen atoms in total. The van der Waals surface area contributed by atoms with Crippen molar-refractivity contribution in [3.05, 3.63) is 18.3 Å². The second kappa shape index (κ2) is 3.84. The van der Waals surface area contributed by atoms with Crippen molar-refractivity contribution in [1.29, 1.82) is 0 Å². The summed E-state index contributed by atoms with van der Waals surface area (Å²) < 4.78 is 0. The lowest BCUT2D eigenvalue weighted by molar-refractivity contribution is 0.164. The predicted molar refractivity (Wildman–Crippen MR) is 55.9 cm³/mol. The quantitative estimate of drug-likeness (QED) is 0.663. The predicted octanol–water partition coefficient (Wildman–Crippen LogP) is 0.847. The first-order valence-corrected chi connectivity index (χ1v) is 4.90. The minimum absolute atomic E-state index is 0.267. The number of aliphatic hydroxyl groups excluding tert-OH is 1. The summed E-state index contributed by atoms with van der Waals surface area (Å²) in [5.41, 5.74) is 6.31. The van der Waals surface area contributed by atoms with E-state index in [1.54, 1.807) is 18.3 Å². The molecule has 0 amide bonds. The van der Waals surface area contributed by atoms with Crippen molar-refractivity contribution in [2.24, 2.45) is 5.92 Å². The highest BCUT2D eigenvalue weighted by molar-refractivity contribution is 5.60. The molecule has 0 saturated heterocycles. The third-order valence-electron chi connectivity index (χ3n) is 2.48. The van der Waals surface area contributed by atoms with E-state index in [4.69, 9.17) is 5.73 Å². The Balaban J connectivity index is 1.87. The minimum Gasteiger partial charge on any atom is -0.396 e. The lowest BCUT2D eigenvalue weighted by Crippen LogP contribution is -2.22. The highest BCUT2D eigenvalue weighted by Crippen LogP contribution is 2.32. The van der Waals surface area contributed by atoms with E-state index in [0.717, 1.165) is 12.8 Å². The van der Waals surface area contributed by atoms with E-state index in [1.165, 1.54) is 0 Å². The van der Waals surface area contributed by atoms with Crippen molar-refractivity contribution in [3.63, 3.8) is 0 Å². The molecular formula is C10H15N3O. The largest absolute Gasteiger partial charge is 0.396 e. The molecule has 14 heavy (non-hydrogen) atoms. The molecule has 1 aromatic heterocycles. The van der Waals surface area contributed by atoms with E-state index in [1.807, 2.05) is 0 Å². The van der Waals surface area contributed by atoms with Crippen molar-refractivity contribution in [1.82, 2.24) is 4.98 Å². The fourth-order valence-electron chi connectivity index (χ4n) is 1.41. The molecule has 4 N–H and O–H groups in total. The molecule has 1 aliphatic carbocycles. The van der Waals surface area contributed by atoms with Gasteiger partial charge < -0.3 is 16.2 Å². The van der Waals surface area contributed by atoms with Gasteiger partial charge in [-0.1, -0.05) is 0 Å². The number of nitrogen functional groups attached to an aromatic ring is 1. The van der Waals surface area contributed by atoms with Crippen molar-refractivity contribution in [2.75, 3.05) is 17.6 Å². The third kappa shape index (κ3) is 2.14. The summed E-state index contributed by atoms with van der Waals surface area (Å²) in [5.74, 6) is 1.14. The normalized spacial score (nSPS) is 17.8. The van der Waals surface area contributed by atoms with Crippen LogP contribution in [0, 0.1) is 5.92 Å². The Morgan fingerprint density at radius 1 is 1.64 bits per heavy atom. The number of rotatable bonds is 4. The van der Waals surface area contributed by atoms with Gasteiger partial charge in [0.25, 0.3) is 0 Å². The number of nitrogens with two attached hydrogens (primary N) is 1. The summed E-state index contributed by atoms with van der Waals surface area (Å²) in [5, 5.41) is 12.7. The first-order chi connectivity index (χ1) is 6.77. The summed E-state index contributed by atoms with van der Waals surface area (Å²) in [6, 6.07) is 3.58. The van der Waals surface area contributed by atoms with E-state index < -0.39 is 0 Å². The van der Waals surface area contributed by atoms with E-state index in [-0.39, 0.29) is 6.10 Å². The van der Waals surface area contributed by atoms with Crippen LogP contribution in [-0.2, 0) is 0 Å². The lowest BCUT2D eigenvalue weighted by atomic mass is 10.2. The Labute approximate surface area is 83.2 Å². The van der Waals surface area contributed by atoms with E-state index in [2.05, 4.69) is 10.3 Å². The van der Waals surface area contributed by atoms with Crippen molar-refractivity contribution in [3.8, 4) is 0 Å². The SMILES string of the molecule is Nc1cccnc1NCC(O)C1CC1. The number of hydrogen-bond donors (Lipinski definition) is 3. The van der Waals surface area contributed by atoms with Gasteiger partial charge in [-0.15, -0.1) is 0 Å². The van der Waals surface area contributed by atoms with Gasteiger partial charge in [0.05, 0.1) is 11.8 Å². The van der Waals surface area contributed by atoms with Gasteiger partial charge in [0.15, 0.2) is 0 Å². The topological polar surface area (TPSA) is 71.2 Å². The van der Waals surface area contributed by atoms with Gasteiger partial charge >= 0.3 is 0 Å². The van der Waals surface area contributed by atoms with Crippen LogP contribution in [0.3, 0.4) is 0 Å². The van der Waals surface area contributed by atoms with Crippen molar-refractivity contribution < 1.29 is 5.11 Å². The van der Waals surface area contributed by atoms with Gasteiger partial charge in [0, 0.05) is 12.7 Å². The van der Waals surface area contributed by atoms with Gasteiger partial charge in [0.1, 0.15) is 5.82 Å². The molecule has 0 aliphatic heterocycles. The Kier molecular flexibility index (Phi) is 2.54. The van der Waals surface area contributed by atoms with Crippen molar-refractivity contribution >= 4 is 11.5 Å². The van der Waals surface area contributed by atoms with Gasteiger partial charge in [-0.25, -0.2) is 4.98 Å². The Bertz CT molecular complexity index is 312. The zero-order chi connectivity index (χ0) is 9.97. The smallest absolute Gasteiger partial charge is 0.149 e. The molecule has 1 atom stereocenters. The highest BCUT2D eigenvalue weighted by atomic mass is 16.3. The summed E-state index contributed by atoms with van der Waals surface area (Å²) >= 11 is 0. The minimum atomic E-state index is -0.267. The first kappa shape index (κ1) is 9.27. The Hall–Kier alpha value is -1.29. The van der Waals surface area contributed by atoms with Gasteiger partial charge in [-0.2, -0.15) is 0 Å². The lowest BCUT2D eigenvalue weighted by Gasteiger charge is -2.12. The monoisotopic (exact) mass is 193 g/mol. The van der Waals surface area contributed by atoms with Crippen LogP contribution in [0.4, 0.5) is 11.5 Å². The standard InChI is InChI=1S/C10H15N3O/c11-8-2-1-5-12-10(8)13-6-9(14)7-3-4-7/h1-2,5,7,9,14H,3-4,6,11H2,(H,12,13). The molecular weight excluding hydrogens is 178 g/mol. The number of nitrogens with zero attached hydrogens (tertiary/aromatic N) is 1. The van der Waals surface area contributed by atoms with Crippen molar-refractivity contribution in [2.45, 2.75) is 18.9 Å². The summed E-state index contributed by atoms with van der Waals surface area (Å²) in [6.45, 7) is 0.534. The zero-order valence-electron chi connectivity index (χ0n) is 7.98. The summed E-state index contributed by atoms with van der Waals surface area (Å²) in [6.07, 6.45) is 3.69. The summed E-state index contributed by atoms with van der Waals surface area (Å²) in [7, 11) is 0. The highest BCUT2D eigenvalue weighted by Gasteiger charge is 2.29. The summed E-state index contributed by atoms with van der Waals surface area (Å²) in [4.78, 5) is 4.08. The maximum absolute atomic E-state index is 9.61. The van der Waals surface area contributed by atoms with Crippen LogP contribution in [-0.4, -0.2) is 22.7 Å². The van der Waals surface area contributed by atoms with E-state index in [9.17, 15) is 5.11 Å². The van der Waals surface area contributed by atoms with Gasteiger partial charge in [0.2, 0.25) is 0 Å². The maximum Gasteiger partial charge on any atom is 0.149 e. The van der Waals surface area contributed by atoms with Gasteiger partial charge in [-0.3, -0.25) is 0 Å².